The summed E-state index contributed by atoms with van der Waals surface area (Å²) in [5.74, 6) is 0.789. The lowest BCUT2D eigenvalue weighted by molar-refractivity contribution is 1.18. The Balaban J connectivity index is 1.49. The van der Waals surface area contributed by atoms with Gasteiger partial charge in [-0.15, -0.1) is 11.3 Å². The second-order valence-electron chi connectivity index (χ2n) is 5.84. The van der Waals surface area contributed by atoms with Crippen molar-refractivity contribution >= 4 is 43.8 Å². The van der Waals surface area contributed by atoms with Gasteiger partial charge in [0.25, 0.3) is 0 Å². The van der Waals surface area contributed by atoms with E-state index in [9.17, 15) is 0 Å². The molecular formula is C20H14N4S. The molecule has 25 heavy (non-hydrogen) atoms. The Kier molecular flexibility index (Phi) is 3.24. The molecule has 0 amide bonds. The molecule has 5 rings (SSSR count). The Morgan fingerprint density at radius 1 is 0.880 bits per heavy atom. The largest absolute Gasteiger partial charge is 0.361 e. The third-order valence-corrected chi connectivity index (χ3v) is 5.31. The van der Waals surface area contributed by atoms with Gasteiger partial charge in [0, 0.05) is 33.6 Å². The van der Waals surface area contributed by atoms with Crippen molar-refractivity contribution in [2.75, 3.05) is 5.32 Å². The highest BCUT2D eigenvalue weighted by molar-refractivity contribution is 7.22. The quantitative estimate of drug-likeness (QED) is 0.450. The van der Waals surface area contributed by atoms with Gasteiger partial charge in [-0.3, -0.25) is 0 Å². The molecule has 0 bridgehead atoms. The summed E-state index contributed by atoms with van der Waals surface area (Å²) in [7, 11) is 0. The molecule has 0 fully saturated rings. The molecule has 0 aliphatic heterocycles. The topological polar surface area (TPSA) is 53.6 Å². The van der Waals surface area contributed by atoms with Crippen LogP contribution in [0.25, 0.3) is 31.6 Å². The van der Waals surface area contributed by atoms with Crippen LogP contribution in [0.2, 0.25) is 0 Å². The fourth-order valence-electron chi connectivity index (χ4n) is 2.95. The number of benzene rings is 2. The van der Waals surface area contributed by atoms with Crippen molar-refractivity contribution in [1.82, 2.24) is 15.0 Å². The van der Waals surface area contributed by atoms with Crippen LogP contribution in [0.3, 0.4) is 0 Å². The second-order valence-corrected chi connectivity index (χ2v) is 6.93. The molecule has 3 aromatic heterocycles. The number of anilines is 2. The van der Waals surface area contributed by atoms with Crippen molar-refractivity contribution in [3.63, 3.8) is 0 Å². The van der Waals surface area contributed by atoms with Gasteiger partial charge in [-0.05, 0) is 41.8 Å². The van der Waals surface area contributed by atoms with Crippen molar-refractivity contribution in [2.45, 2.75) is 0 Å². The van der Waals surface area contributed by atoms with Crippen LogP contribution in [0.4, 0.5) is 11.5 Å². The molecule has 0 unspecified atom stereocenters. The molecule has 0 saturated carbocycles. The molecule has 5 aromatic rings. The Hall–Kier alpha value is -3.18. The van der Waals surface area contributed by atoms with Gasteiger partial charge in [-0.1, -0.05) is 18.2 Å². The van der Waals surface area contributed by atoms with Crippen LogP contribution in [0.15, 0.2) is 73.2 Å². The highest BCUT2D eigenvalue weighted by Gasteiger charge is 2.07. The van der Waals surface area contributed by atoms with Gasteiger partial charge in [0.15, 0.2) is 0 Å². The molecule has 5 heteroatoms. The fourth-order valence-corrected chi connectivity index (χ4v) is 3.98. The number of aromatic nitrogens is 3. The van der Waals surface area contributed by atoms with E-state index in [4.69, 9.17) is 0 Å². The van der Waals surface area contributed by atoms with Crippen molar-refractivity contribution in [2.24, 2.45) is 0 Å². The maximum absolute atomic E-state index is 4.44. The Labute approximate surface area is 148 Å². The number of thiophene rings is 1. The van der Waals surface area contributed by atoms with E-state index in [1.165, 1.54) is 15.5 Å². The van der Waals surface area contributed by atoms with Crippen LogP contribution in [0.5, 0.6) is 0 Å². The van der Waals surface area contributed by atoms with E-state index in [1.807, 2.05) is 18.3 Å². The molecule has 0 aliphatic rings. The zero-order chi connectivity index (χ0) is 16.6. The van der Waals surface area contributed by atoms with Gasteiger partial charge >= 0.3 is 0 Å². The first-order chi connectivity index (χ1) is 12.3. The third-order valence-electron chi connectivity index (χ3n) is 4.17. The molecule has 0 radical (unpaired) electrons. The summed E-state index contributed by atoms with van der Waals surface area (Å²) >= 11 is 1.75. The first kappa shape index (κ1) is 14.2. The first-order valence-corrected chi connectivity index (χ1v) is 8.82. The summed E-state index contributed by atoms with van der Waals surface area (Å²) in [5.41, 5.74) is 3.06. The minimum Gasteiger partial charge on any atom is -0.361 e. The SMILES string of the molecule is c1ccc2sc(-c3cc(Nc4ccc5[nH]ccc5c4)ncn3)cc2c1. The molecule has 0 atom stereocenters. The average Bonchev–Trinajstić information content (AvgIpc) is 3.28. The highest BCUT2D eigenvalue weighted by atomic mass is 32.1. The van der Waals surface area contributed by atoms with Crippen molar-refractivity contribution in [1.29, 1.82) is 0 Å². The number of rotatable bonds is 3. The maximum Gasteiger partial charge on any atom is 0.134 e. The van der Waals surface area contributed by atoms with Gasteiger partial charge < -0.3 is 10.3 Å². The summed E-state index contributed by atoms with van der Waals surface area (Å²) in [6.45, 7) is 0. The first-order valence-electron chi connectivity index (χ1n) is 8.00. The van der Waals surface area contributed by atoms with E-state index >= 15 is 0 Å². The number of nitrogens with one attached hydrogen (secondary N) is 2. The van der Waals surface area contributed by atoms with Gasteiger partial charge in [0.1, 0.15) is 12.1 Å². The van der Waals surface area contributed by atoms with Crippen molar-refractivity contribution < 1.29 is 0 Å². The van der Waals surface area contributed by atoms with Crippen molar-refractivity contribution in [3.05, 3.63) is 73.2 Å². The van der Waals surface area contributed by atoms with Crippen LogP contribution >= 0.6 is 11.3 Å². The van der Waals surface area contributed by atoms with Crippen molar-refractivity contribution in [3.8, 4) is 10.6 Å². The van der Waals surface area contributed by atoms with Crippen LogP contribution in [-0.2, 0) is 0 Å². The molecule has 4 nitrogen and oxygen atoms in total. The number of hydrogen-bond acceptors (Lipinski definition) is 4. The molecular weight excluding hydrogens is 328 g/mol. The van der Waals surface area contributed by atoms with E-state index in [1.54, 1.807) is 17.7 Å². The Bertz CT molecular complexity index is 1160. The van der Waals surface area contributed by atoms with Gasteiger partial charge in [-0.2, -0.15) is 0 Å². The molecule has 3 heterocycles. The number of aromatic amines is 1. The minimum atomic E-state index is 0.789. The summed E-state index contributed by atoms with van der Waals surface area (Å²) < 4.78 is 1.27. The van der Waals surface area contributed by atoms with Crippen LogP contribution in [0, 0.1) is 0 Å². The molecule has 120 valence electrons. The van der Waals surface area contributed by atoms with Crippen LogP contribution < -0.4 is 5.32 Å². The average molecular weight is 342 g/mol. The van der Waals surface area contributed by atoms with Crippen LogP contribution in [0.1, 0.15) is 0 Å². The van der Waals surface area contributed by atoms with E-state index in [0.717, 1.165) is 27.6 Å². The lowest BCUT2D eigenvalue weighted by atomic mass is 10.2. The van der Waals surface area contributed by atoms with E-state index in [-0.39, 0.29) is 0 Å². The fraction of sp³-hybridized carbons (Fsp3) is 0. The number of nitrogens with zero attached hydrogens (tertiary/aromatic N) is 2. The predicted molar refractivity (Wildman–Crippen MR) is 104 cm³/mol. The maximum atomic E-state index is 4.44. The van der Waals surface area contributed by atoms with Crippen LogP contribution in [-0.4, -0.2) is 15.0 Å². The van der Waals surface area contributed by atoms with E-state index in [2.05, 4.69) is 68.8 Å². The third kappa shape index (κ3) is 2.64. The monoisotopic (exact) mass is 342 g/mol. The van der Waals surface area contributed by atoms with Gasteiger partial charge in [-0.25, -0.2) is 9.97 Å². The second kappa shape index (κ2) is 5.72. The summed E-state index contributed by atoms with van der Waals surface area (Å²) in [4.78, 5) is 13.1. The lowest BCUT2D eigenvalue weighted by Crippen LogP contribution is -1.94. The van der Waals surface area contributed by atoms with Gasteiger partial charge in [0.2, 0.25) is 0 Å². The zero-order valence-corrected chi connectivity index (χ0v) is 14.0. The molecule has 2 aromatic carbocycles. The minimum absolute atomic E-state index is 0.789. The predicted octanol–water partition coefficient (Wildman–Crippen LogP) is 5.58. The van der Waals surface area contributed by atoms with Gasteiger partial charge in [0.05, 0.1) is 10.6 Å². The summed E-state index contributed by atoms with van der Waals surface area (Å²) in [6.07, 6.45) is 3.55. The number of hydrogen-bond donors (Lipinski definition) is 2. The zero-order valence-electron chi connectivity index (χ0n) is 13.2. The standard InChI is InChI=1S/C20H14N4S/c1-2-4-18-14(3-1)10-19(25-18)17-11-20(23-12-22-17)24-15-5-6-16-13(9-15)7-8-21-16/h1-12,21H,(H,22,23,24). The molecule has 0 aliphatic carbocycles. The number of fused-ring (bicyclic) bond motifs is 2. The molecule has 0 saturated heterocycles. The lowest BCUT2D eigenvalue weighted by Gasteiger charge is -2.06. The Morgan fingerprint density at radius 3 is 2.80 bits per heavy atom. The summed E-state index contributed by atoms with van der Waals surface area (Å²) in [6, 6.07) is 20.8. The normalized spacial score (nSPS) is 11.2. The van der Waals surface area contributed by atoms with E-state index < -0.39 is 0 Å². The summed E-state index contributed by atoms with van der Waals surface area (Å²) in [5, 5.41) is 5.78. The molecule has 2 N–H and O–H groups in total. The molecule has 0 spiro atoms. The Morgan fingerprint density at radius 2 is 1.84 bits per heavy atom. The highest BCUT2D eigenvalue weighted by Crippen LogP contribution is 2.33. The smallest absolute Gasteiger partial charge is 0.134 e. The number of H-pyrrole nitrogens is 1. The van der Waals surface area contributed by atoms with E-state index in [0.29, 0.717) is 0 Å².